The molecule has 20 heavy (non-hydrogen) atoms. The van der Waals surface area contributed by atoms with Gasteiger partial charge in [0.1, 0.15) is 0 Å². The van der Waals surface area contributed by atoms with Crippen LogP contribution in [0.1, 0.15) is 29.7 Å². The first-order chi connectivity index (χ1) is 9.61. The van der Waals surface area contributed by atoms with Crippen LogP contribution in [-0.4, -0.2) is 27.9 Å². The third-order valence-electron chi connectivity index (χ3n) is 3.24. The van der Waals surface area contributed by atoms with Gasteiger partial charge in [0, 0.05) is 13.0 Å². The normalized spacial score (nSPS) is 22.4. The molecule has 0 unspecified atom stereocenters. The zero-order valence-electron chi connectivity index (χ0n) is 10.5. The van der Waals surface area contributed by atoms with Gasteiger partial charge in [0.25, 0.3) is 0 Å². The highest BCUT2D eigenvalue weighted by atomic mass is 35.5. The van der Waals surface area contributed by atoms with Gasteiger partial charge in [-0.2, -0.15) is 4.98 Å². The smallest absolute Gasteiger partial charge is 0.243 e. The van der Waals surface area contributed by atoms with Crippen LogP contribution in [0.15, 0.2) is 22.7 Å². The van der Waals surface area contributed by atoms with E-state index in [1.54, 1.807) is 12.1 Å². The molecule has 0 bridgehead atoms. The van der Waals surface area contributed by atoms with Crippen LogP contribution in [0.3, 0.4) is 0 Å². The molecular formula is C13H13Cl2N3O2. The molecule has 3 rings (SSSR count). The maximum absolute atomic E-state index is 9.48. The number of nitrogens with zero attached hydrogens (tertiary/aromatic N) is 2. The van der Waals surface area contributed by atoms with Crippen LogP contribution in [0.4, 0.5) is 0 Å². The number of benzene rings is 1. The van der Waals surface area contributed by atoms with Crippen LogP contribution in [0, 0.1) is 0 Å². The molecule has 0 aliphatic carbocycles. The molecule has 2 heterocycles. The van der Waals surface area contributed by atoms with E-state index < -0.39 is 0 Å². The van der Waals surface area contributed by atoms with Crippen molar-refractivity contribution in [2.45, 2.75) is 25.0 Å². The van der Waals surface area contributed by atoms with Crippen LogP contribution in [0.5, 0.6) is 0 Å². The number of rotatable bonds is 3. The Balaban J connectivity index is 1.72. The molecule has 1 fully saturated rings. The van der Waals surface area contributed by atoms with Gasteiger partial charge in [0.15, 0.2) is 5.82 Å². The highest BCUT2D eigenvalue weighted by Crippen LogP contribution is 2.25. The Kier molecular flexibility index (Phi) is 3.94. The molecule has 1 aliphatic rings. The van der Waals surface area contributed by atoms with Gasteiger partial charge in [-0.05, 0) is 24.1 Å². The summed E-state index contributed by atoms with van der Waals surface area (Å²) in [5.41, 5.74) is 0.964. The van der Waals surface area contributed by atoms with Crippen LogP contribution in [-0.2, 0) is 6.42 Å². The van der Waals surface area contributed by atoms with Crippen molar-refractivity contribution in [1.82, 2.24) is 15.5 Å². The summed E-state index contributed by atoms with van der Waals surface area (Å²) in [6, 6.07) is 5.34. The van der Waals surface area contributed by atoms with Crippen molar-refractivity contribution in [3.63, 3.8) is 0 Å². The first-order valence-corrected chi connectivity index (χ1v) is 7.05. The highest BCUT2D eigenvalue weighted by molar-refractivity contribution is 6.42. The highest BCUT2D eigenvalue weighted by Gasteiger charge is 2.28. The van der Waals surface area contributed by atoms with Crippen molar-refractivity contribution in [2.75, 3.05) is 6.54 Å². The van der Waals surface area contributed by atoms with Gasteiger partial charge >= 0.3 is 0 Å². The largest absolute Gasteiger partial charge is 0.392 e. The van der Waals surface area contributed by atoms with Crippen molar-refractivity contribution < 1.29 is 9.63 Å². The summed E-state index contributed by atoms with van der Waals surface area (Å²) in [6.07, 6.45) is 0.759. The summed E-state index contributed by atoms with van der Waals surface area (Å²) in [4.78, 5) is 4.35. The van der Waals surface area contributed by atoms with Gasteiger partial charge in [-0.15, -0.1) is 0 Å². The molecule has 5 nitrogen and oxygen atoms in total. The Morgan fingerprint density at radius 1 is 1.35 bits per heavy atom. The quantitative estimate of drug-likeness (QED) is 0.910. The topological polar surface area (TPSA) is 71.2 Å². The zero-order chi connectivity index (χ0) is 14.1. The van der Waals surface area contributed by atoms with Crippen LogP contribution >= 0.6 is 23.2 Å². The zero-order valence-corrected chi connectivity index (χ0v) is 12.0. The molecule has 2 atom stereocenters. The minimum atomic E-state index is -0.356. The number of hydrogen-bond donors (Lipinski definition) is 2. The van der Waals surface area contributed by atoms with E-state index in [-0.39, 0.29) is 12.1 Å². The fourth-order valence-electron chi connectivity index (χ4n) is 2.22. The lowest BCUT2D eigenvalue weighted by molar-refractivity contribution is 0.191. The monoisotopic (exact) mass is 313 g/mol. The lowest BCUT2D eigenvalue weighted by Crippen LogP contribution is -2.15. The van der Waals surface area contributed by atoms with Crippen molar-refractivity contribution >= 4 is 23.2 Å². The van der Waals surface area contributed by atoms with Gasteiger partial charge in [-0.3, -0.25) is 0 Å². The summed E-state index contributed by atoms with van der Waals surface area (Å²) in [5, 5.41) is 17.6. The predicted octanol–water partition coefficient (Wildman–Crippen LogP) is 2.36. The molecule has 106 valence electrons. The number of aliphatic hydroxyl groups is 1. The lowest BCUT2D eigenvalue weighted by Gasteiger charge is -2.02. The van der Waals surface area contributed by atoms with Crippen LogP contribution in [0.25, 0.3) is 0 Å². The molecule has 1 saturated heterocycles. The molecule has 7 heteroatoms. The molecule has 0 saturated carbocycles. The van der Waals surface area contributed by atoms with Crippen molar-refractivity contribution in [3.8, 4) is 0 Å². The SMILES string of the molecule is O[C@@H]1CN[C@@H](c2nc(Cc3ccc(Cl)c(Cl)c3)no2)C1. The fraction of sp³-hybridized carbons (Fsp3) is 0.385. The number of nitrogens with one attached hydrogen (secondary N) is 1. The van der Waals surface area contributed by atoms with E-state index >= 15 is 0 Å². The molecule has 0 radical (unpaired) electrons. The summed E-state index contributed by atoms with van der Waals surface area (Å²) < 4.78 is 5.23. The summed E-state index contributed by atoms with van der Waals surface area (Å²) in [6.45, 7) is 0.551. The average molecular weight is 314 g/mol. The van der Waals surface area contributed by atoms with Crippen molar-refractivity contribution in [2.24, 2.45) is 0 Å². The second-order valence-corrected chi connectivity index (χ2v) is 5.64. The number of hydrogen-bond acceptors (Lipinski definition) is 5. The second-order valence-electron chi connectivity index (χ2n) is 4.82. The van der Waals surface area contributed by atoms with Crippen LogP contribution in [0.2, 0.25) is 10.0 Å². The van der Waals surface area contributed by atoms with Crippen LogP contribution < -0.4 is 5.32 Å². The first kappa shape index (κ1) is 13.8. The number of aromatic nitrogens is 2. The number of β-amino-alcohol motifs (C(OH)–C–C–N with tert-alkyl or cyclic N) is 1. The maximum Gasteiger partial charge on any atom is 0.243 e. The van der Waals surface area contributed by atoms with Gasteiger partial charge in [0.2, 0.25) is 5.89 Å². The van der Waals surface area contributed by atoms with Gasteiger partial charge in [-0.25, -0.2) is 0 Å². The molecule has 2 aromatic rings. The van der Waals surface area contributed by atoms with Gasteiger partial charge < -0.3 is 14.9 Å². The van der Waals surface area contributed by atoms with Crippen molar-refractivity contribution in [1.29, 1.82) is 0 Å². The predicted molar refractivity (Wildman–Crippen MR) is 74.9 cm³/mol. The second kappa shape index (κ2) is 5.69. The molecule has 0 spiro atoms. The third-order valence-corrected chi connectivity index (χ3v) is 3.97. The molecular weight excluding hydrogens is 301 g/mol. The molecule has 2 N–H and O–H groups in total. The van der Waals surface area contributed by atoms with Crippen molar-refractivity contribution in [3.05, 3.63) is 45.5 Å². The van der Waals surface area contributed by atoms with E-state index in [1.807, 2.05) is 6.07 Å². The first-order valence-electron chi connectivity index (χ1n) is 6.29. The Morgan fingerprint density at radius 3 is 2.90 bits per heavy atom. The fourth-order valence-corrected chi connectivity index (χ4v) is 2.54. The summed E-state index contributed by atoms with van der Waals surface area (Å²) in [7, 11) is 0. The Bertz CT molecular complexity index is 617. The molecule has 1 aliphatic heterocycles. The van der Waals surface area contributed by atoms with E-state index in [1.165, 1.54) is 0 Å². The van der Waals surface area contributed by atoms with E-state index in [0.29, 0.717) is 41.1 Å². The minimum Gasteiger partial charge on any atom is -0.392 e. The number of halogens is 2. The van der Waals surface area contributed by atoms with E-state index in [2.05, 4.69) is 15.5 Å². The molecule has 1 aromatic heterocycles. The summed E-state index contributed by atoms with van der Waals surface area (Å²) in [5.74, 6) is 1.10. The minimum absolute atomic E-state index is 0.0694. The van der Waals surface area contributed by atoms with E-state index in [0.717, 1.165) is 5.56 Å². The summed E-state index contributed by atoms with van der Waals surface area (Å²) >= 11 is 11.8. The Hall–Kier alpha value is -1.14. The molecule has 0 amide bonds. The Morgan fingerprint density at radius 2 is 2.20 bits per heavy atom. The van der Waals surface area contributed by atoms with Gasteiger partial charge in [-0.1, -0.05) is 34.4 Å². The standard InChI is InChI=1S/C13H13Cl2N3O2/c14-9-2-1-7(3-10(9)15)4-12-17-13(20-18-12)11-5-8(19)6-16-11/h1-3,8,11,16,19H,4-6H2/t8-,11+/m0/s1. The molecule has 1 aromatic carbocycles. The maximum atomic E-state index is 9.48. The Labute approximate surface area is 125 Å². The van der Waals surface area contributed by atoms with Gasteiger partial charge in [0.05, 0.1) is 22.2 Å². The number of aliphatic hydroxyl groups excluding tert-OH is 1. The average Bonchev–Trinajstić information content (AvgIpc) is 3.03. The van der Waals surface area contributed by atoms with E-state index in [4.69, 9.17) is 27.7 Å². The lowest BCUT2D eigenvalue weighted by atomic mass is 10.1. The van der Waals surface area contributed by atoms with E-state index in [9.17, 15) is 5.11 Å². The third kappa shape index (κ3) is 2.96.